The molecule has 168 valence electrons. The van der Waals surface area contributed by atoms with Gasteiger partial charge in [-0.05, 0) is 64.3 Å². The summed E-state index contributed by atoms with van der Waals surface area (Å²) in [6, 6.07) is 4.74. The van der Waals surface area contributed by atoms with Crippen molar-refractivity contribution in [1.82, 2.24) is 19.9 Å². The highest BCUT2D eigenvalue weighted by atomic mass is 19.4. The molecule has 1 atom stereocenters. The number of likely N-dealkylation sites (tertiary alicyclic amines) is 2. The molecule has 0 saturated carbocycles. The monoisotopic (exact) mass is 436 g/mol. The summed E-state index contributed by atoms with van der Waals surface area (Å²) in [6.45, 7) is 5.17. The second kappa shape index (κ2) is 8.98. The Morgan fingerprint density at radius 2 is 1.84 bits per heavy atom. The summed E-state index contributed by atoms with van der Waals surface area (Å²) in [5, 5.41) is 3.89. The molecule has 6 nitrogen and oxygen atoms in total. The topological polar surface area (TPSA) is 62.5 Å². The third-order valence-electron chi connectivity index (χ3n) is 6.34. The van der Waals surface area contributed by atoms with Crippen LogP contribution in [0.5, 0.6) is 0 Å². The number of carbonyl (C=O) groups is 1. The number of carbonyl (C=O) groups excluding carboxylic acids is 1. The predicted octanol–water partition coefficient (Wildman–Crippen LogP) is 4.54. The van der Waals surface area contributed by atoms with E-state index in [9.17, 15) is 18.0 Å². The minimum absolute atomic E-state index is 0.0601. The SMILES string of the molecule is CC(c1nc(-c2cccc(C(F)(F)F)c2)no1)N1CCC(C(=O)N2CCCCC2)CC1. The molecule has 1 unspecified atom stereocenters. The van der Waals surface area contributed by atoms with Gasteiger partial charge in [0.15, 0.2) is 0 Å². The lowest BCUT2D eigenvalue weighted by Gasteiger charge is -2.37. The van der Waals surface area contributed by atoms with Crippen LogP contribution in [0.4, 0.5) is 13.2 Å². The Kier molecular flexibility index (Phi) is 6.31. The van der Waals surface area contributed by atoms with Gasteiger partial charge >= 0.3 is 6.18 Å². The number of hydrogen-bond donors (Lipinski definition) is 0. The molecule has 9 heteroatoms. The Hall–Kier alpha value is -2.42. The number of benzene rings is 1. The zero-order valence-electron chi connectivity index (χ0n) is 17.6. The van der Waals surface area contributed by atoms with Crippen molar-refractivity contribution in [3.8, 4) is 11.4 Å². The highest BCUT2D eigenvalue weighted by molar-refractivity contribution is 5.79. The van der Waals surface area contributed by atoms with Gasteiger partial charge in [-0.1, -0.05) is 17.3 Å². The minimum Gasteiger partial charge on any atom is -0.342 e. The lowest BCUT2D eigenvalue weighted by molar-refractivity contribution is -0.138. The summed E-state index contributed by atoms with van der Waals surface area (Å²) in [6.07, 6.45) is 0.529. The van der Waals surface area contributed by atoms with Crippen LogP contribution in [0.3, 0.4) is 0 Å². The largest absolute Gasteiger partial charge is 0.416 e. The van der Waals surface area contributed by atoms with Gasteiger partial charge in [-0.25, -0.2) is 0 Å². The minimum atomic E-state index is -4.42. The van der Waals surface area contributed by atoms with E-state index in [1.807, 2.05) is 11.8 Å². The molecule has 2 aromatic rings. The zero-order valence-corrected chi connectivity index (χ0v) is 17.6. The van der Waals surface area contributed by atoms with E-state index in [-0.39, 0.29) is 29.3 Å². The molecule has 1 aromatic heterocycles. The van der Waals surface area contributed by atoms with Gasteiger partial charge in [-0.3, -0.25) is 9.69 Å². The van der Waals surface area contributed by atoms with Gasteiger partial charge in [0.1, 0.15) is 0 Å². The predicted molar refractivity (Wildman–Crippen MR) is 108 cm³/mol. The van der Waals surface area contributed by atoms with Crippen molar-refractivity contribution in [3.05, 3.63) is 35.7 Å². The quantitative estimate of drug-likeness (QED) is 0.704. The standard InChI is InChI=1S/C22H27F3N4O2/c1-15(28-12-8-16(9-13-28)21(30)29-10-3-2-4-11-29)20-26-19(27-31-20)17-6-5-7-18(14-17)22(23,24)25/h5-7,14-16H,2-4,8-13H2,1H3. The summed E-state index contributed by atoms with van der Waals surface area (Å²) >= 11 is 0. The average Bonchev–Trinajstić information content (AvgIpc) is 3.29. The summed E-state index contributed by atoms with van der Waals surface area (Å²) < 4.78 is 44.3. The first kappa shape index (κ1) is 21.8. The Morgan fingerprint density at radius 1 is 1.13 bits per heavy atom. The first-order chi connectivity index (χ1) is 14.8. The van der Waals surface area contributed by atoms with Gasteiger partial charge in [-0.15, -0.1) is 0 Å². The lowest BCUT2D eigenvalue weighted by atomic mass is 9.93. The van der Waals surface area contributed by atoms with Gasteiger partial charge in [0.05, 0.1) is 11.6 Å². The number of halogens is 3. The molecule has 2 aliphatic heterocycles. The Morgan fingerprint density at radius 3 is 2.52 bits per heavy atom. The molecule has 4 rings (SSSR count). The van der Waals surface area contributed by atoms with E-state index >= 15 is 0 Å². The third kappa shape index (κ3) is 4.92. The maximum Gasteiger partial charge on any atom is 0.416 e. The summed E-state index contributed by atoms with van der Waals surface area (Å²) in [7, 11) is 0. The molecule has 0 spiro atoms. The number of alkyl halides is 3. The van der Waals surface area contributed by atoms with Gasteiger partial charge in [0.2, 0.25) is 17.6 Å². The zero-order chi connectivity index (χ0) is 22.0. The Bertz CT molecular complexity index is 900. The first-order valence-corrected chi connectivity index (χ1v) is 10.9. The molecule has 1 amide bonds. The number of aromatic nitrogens is 2. The number of nitrogens with zero attached hydrogens (tertiary/aromatic N) is 4. The van der Waals surface area contributed by atoms with Crippen LogP contribution in [-0.4, -0.2) is 52.0 Å². The number of hydrogen-bond acceptors (Lipinski definition) is 5. The first-order valence-electron chi connectivity index (χ1n) is 10.9. The molecule has 0 radical (unpaired) electrons. The van der Waals surface area contributed by atoms with Crippen LogP contribution in [0.25, 0.3) is 11.4 Å². The van der Waals surface area contributed by atoms with Crippen LogP contribution in [0.1, 0.15) is 56.5 Å². The van der Waals surface area contributed by atoms with Crippen LogP contribution < -0.4 is 0 Å². The van der Waals surface area contributed by atoms with Crippen molar-refractivity contribution in [2.24, 2.45) is 5.92 Å². The lowest BCUT2D eigenvalue weighted by Crippen LogP contribution is -2.44. The molecule has 0 aliphatic carbocycles. The van der Waals surface area contributed by atoms with Crippen LogP contribution in [0.15, 0.2) is 28.8 Å². The van der Waals surface area contributed by atoms with Crippen molar-refractivity contribution >= 4 is 5.91 Å². The van der Waals surface area contributed by atoms with Gasteiger partial charge in [0, 0.05) is 24.6 Å². The van der Waals surface area contributed by atoms with E-state index < -0.39 is 11.7 Å². The van der Waals surface area contributed by atoms with Crippen LogP contribution >= 0.6 is 0 Å². The molecule has 2 fully saturated rings. The molecule has 2 aliphatic rings. The number of amides is 1. The van der Waals surface area contributed by atoms with E-state index in [0.717, 1.165) is 64.0 Å². The summed E-state index contributed by atoms with van der Waals surface area (Å²) in [4.78, 5) is 21.3. The van der Waals surface area contributed by atoms with Crippen molar-refractivity contribution in [2.75, 3.05) is 26.2 Å². The normalized spacial score (nSPS) is 20.1. The van der Waals surface area contributed by atoms with Crippen molar-refractivity contribution in [2.45, 2.75) is 51.2 Å². The molecular formula is C22H27F3N4O2. The molecule has 0 bridgehead atoms. The maximum atomic E-state index is 13.0. The number of piperidine rings is 2. The highest BCUT2D eigenvalue weighted by Crippen LogP contribution is 2.32. The molecule has 0 N–H and O–H groups in total. The van der Waals surface area contributed by atoms with Crippen LogP contribution in [0.2, 0.25) is 0 Å². The fourth-order valence-corrected chi connectivity index (χ4v) is 4.42. The second-order valence-electron chi connectivity index (χ2n) is 8.41. The van der Waals surface area contributed by atoms with E-state index in [1.54, 1.807) is 0 Å². The maximum absolute atomic E-state index is 13.0. The average molecular weight is 436 g/mol. The van der Waals surface area contributed by atoms with Crippen LogP contribution in [0, 0.1) is 5.92 Å². The molecule has 31 heavy (non-hydrogen) atoms. The van der Waals surface area contributed by atoms with Crippen molar-refractivity contribution in [3.63, 3.8) is 0 Å². The van der Waals surface area contributed by atoms with E-state index in [0.29, 0.717) is 5.89 Å². The fraction of sp³-hybridized carbons (Fsp3) is 0.591. The van der Waals surface area contributed by atoms with Gasteiger partial charge in [-0.2, -0.15) is 18.2 Å². The summed E-state index contributed by atoms with van der Waals surface area (Å²) in [5.74, 6) is 0.845. The Labute approximate surface area is 179 Å². The van der Waals surface area contributed by atoms with E-state index in [1.165, 1.54) is 18.6 Å². The smallest absolute Gasteiger partial charge is 0.342 e. The molecule has 1 aromatic carbocycles. The third-order valence-corrected chi connectivity index (χ3v) is 6.34. The van der Waals surface area contributed by atoms with E-state index in [2.05, 4.69) is 15.0 Å². The molecule has 3 heterocycles. The highest BCUT2D eigenvalue weighted by Gasteiger charge is 2.33. The van der Waals surface area contributed by atoms with Crippen LogP contribution in [-0.2, 0) is 11.0 Å². The van der Waals surface area contributed by atoms with Gasteiger partial charge < -0.3 is 9.42 Å². The van der Waals surface area contributed by atoms with Gasteiger partial charge in [0.25, 0.3) is 0 Å². The van der Waals surface area contributed by atoms with Crippen molar-refractivity contribution in [1.29, 1.82) is 0 Å². The summed E-state index contributed by atoms with van der Waals surface area (Å²) in [5.41, 5.74) is -0.479. The Balaban J connectivity index is 1.37. The van der Waals surface area contributed by atoms with E-state index in [4.69, 9.17) is 4.52 Å². The number of rotatable bonds is 4. The fourth-order valence-electron chi connectivity index (χ4n) is 4.42. The molecular weight excluding hydrogens is 409 g/mol. The second-order valence-corrected chi connectivity index (χ2v) is 8.41. The van der Waals surface area contributed by atoms with Crippen molar-refractivity contribution < 1.29 is 22.5 Å². The molecule has 2 saturated heterocycles.